The number of pyridine rings is 1. The summed E-state index contributed by atoms with van der Waals surface area (Å²) in [7, 11) is -2.03. The van der Waals surface area contributed by atoms with Gasteiger partial charge in [-0.3, -0.25) is 9.78 Å². The molecule has 1 N–H and O–H groups in total. The van der Waals surface area contributed by atoms with Crippen LogP contribution in [0.4, 0.5) is 0 Å². The number of hydrogen-bond acceptors (Lipinski definition) is 4. The lowest BCUT2D eigenvalue weighted by atomic mass is 10.2. The zero-order valence-electron chi connectivity index (χ0n) is 10.1. The van der Waals surface area contributed by atoms with E-state index in [1.165, 1.54) is 11.4 Å². The van der Waals surface area contributed by atoms with Crippen LogP contribution in [0.5, 0.6) is 0 Å². The molecule has 7 heteroatoms. The third-order valence-electron chi connectivity index (χ3n) is 2.51. The summed E-state index contributed by atoms with van der Waals surface area (Å²) in [5.74, 6) is -1.48. The summed E-state index contributed by atoms with van der Waals surface area (Å²) >= 11 is 0. The number of carboxylic acid groups (broad SMARTS) is 1. The van der Waals surface area contributed by atoms with Crippen LogP contribution in [-0.4, -0.2) is 48.1 Å². The highest BCUT2D eigenvalue weighted by Crippen LogP contribution is 2.04. The molecule has 1 heterocycles. The van der Waals surface area contributed by atoms with Crippen LogP contribution in [0.2, 0.25) is 0 Å². The van der Waals surface area contributed by atoms with Gasteiger partial charge in [0.05, 0.1) is 12.2 Å². The predicted molar refractivity (Wildman–Crippen MR) is 66.6 cm³/mol. The second-order valence-corrected chi connectivity index (χ2v) is 6.08. The fourth-order valence-electron chi connectivity index (χ4n) is 1.35. The third-order valence-corrected chi connectivity index (χ3v) is 4.37. The Morgan fingerprint density at radius 2 is 2.00 bits per heavy atom. The molecule has 1 rings (SSSR count). The molecule has 0 aromatic carbocycles. The molecule has 0 aliphatic rings. The van der Waals surface area contributed by atoms with E-state index < -0.39 is 16.0 Å². The van der Waals surface area contributed by atoms with E-state index in [0.29, 0.717) is 13.0 Å². The fourth-order valence-corrected chi connectivity index (χ4v) is 2.46. The molecule has 0 bridgehead atoms. The highest BCUT2D eigenvalue weighted by molar-refractivity contribution is 7.89. The molecule has 1 aromatic rings. The average Bonchev–Trinajstić information content (AvgIpc) is 2.35. The second kappa shape index (κ2) is 6.46. The first kappa shape index (κ1) is 14.6. The summed E-state index contributed by atoms with van der Waals surface area (Å²) in [4.78, 5) is 14.2. The number of rotatable bonds is 7. The molecule has 6 nitrogen and oxygen atoms in total. The minimum Gasteiger partial charge on any atom is -0.481 e. The van der Waals surface area contributed by atoms with Crippen LogP contribution in [0.15, 0.2) is 24.5 Å². The quantitative estimate of drug-likeness (QED) is 0.774. The van der Waals surface area contributed by atoms with Gasteiger partial charge >= 0.3 is 5.97 Å². The minimum atomic E-state index is -3.49. The Balaban J connectivity index is 2.49. The zero-order valence-corrected chi connectivity index (χ0v) is 10.9. The number of aliphatic carboxylic acids is 1. The van der Waals surface area contributed by atoms with Crippen molar-refractivity contribution in [3.05, 3.63) is 30.1 Å². The highest BCUT2D eigenvalue weighted by Gasteiger charge is 2.18. The SMILES string of the molecule is CN(CCc1ccncc1)S(=O)(=O)CCC(=O)O. The standard InChI is InChI=1S/C11H16N2O4S/c1-13(18(16,17)9-5-11(14)15)8-4-10-2-6-12-7-3-10/h2-3,6-7H,4-5,8-9H2,1H3,(H,14,15). The molecular weight excluding hydrogens is 256 g/mol. The van der Waals surface area contributed by atoms with Crippen LogP contribution in [-0.2, 0) is 21.2 Å². The molecule has 0 radical (unpaired) electrons. The number of sulfonamides is 1. The lowest BCUT2D eigenvalue weighted by Gasteiger charge is -2.16. The Morgan fingerprint density at radius 1 is 1.39 bits per heavy atom. The average molecular weight is 272 g/mol. The van der Waals surface area contributed by atoms with E-state index in [9.17, 15) is 13.2 Å². The first-order chi connectivity index (χ1) is 8.42. The van der Waals surface area contributed by atoms with E-state index in [0.717, 1.165) is 5.56 Å². The monoisotopic (exact) mass is 272 g/mol. The van der Waals surface area contributed by atoms with E-state index in [1.54, 1.807) is 12.4 Å². The first-order valence-electron chi connectivity index (χ1n) is 5.46. The number of nitrogens with zero attached hydrogens (tertiary/aromatic N) is 2. The Labute approximate surface area is 106 Å². The number of likely N-dealkylation sites (N-methyl/N-ethyl adjacent to an activating group) is 1. The molecule has 0 aliphatic carbocycles. The minimum absolute atomic E-state index is 0.325. The van der Waals surface area contributed by atoms with Gasteiger partial charge in [-0.05, 0) is 24.1 Å². The number of aromatic nitrogens is 1. The molecule has 0 unspecified atom stereocenters. The summed E-state index contributed by atoms with van der Waals surface area (Å²) in [6.07, 6.45) is 3.50. The predicted octanol–water partition coefficient (Wildman–Crippen LogP) is 0.360. The van der Waals surface area contributed by atoms with Gasteiger partial charge in [0.1, 0.15) is 0 Å². The lowest BCUT2D eigenvalue weighted by molar-refractivity contribution is -0.136. The van der Waals surface area contributed by atoms with Crippen molar-refractivity contribution in [2.45, 2.75) is 12.8 Å². The summed E-state index contributed by atoms with van der Waals surface area (Å²) in [6.45, 7) is 0.325. The van der Waals surface area contributed by atoms with Crippen molar-refractivity contribution >= 4 is 16.0 Å². The summed E-state index contributed by atoms with van der Waals surface area (Å²) < 4.78 is 24.6. The highest BCUT2D eigenvalue weighted by atomic mass is 32.2. The van der Waals surface area contributed by atoms with Gasteiger partial charge in [0.2, 0.25) is 10.0 Å². The maximum atomic E-state index is 11.7. The molecule has 0 amide bonds. The Kier molecular flexibility index (Phi) is 5.24. The van der Waals surface area contributed by atoms with Gasteiger partial charge in [-0.2, -0.15) is 0 Å². The number of carboxylic acids is 1. The van der Waals surface area contributed by atoms with Gasteiger partial charge < -0.3 is 5.11 Å². The molecule has 18 heavy (non-hydrogen) atoms. The van der Waals surface area contributed by atoms with Crippen LogP contribution in [0.1, 0.15) is 12.0 Å². The Hall–Kier alpha value is -1.47. The third kappa shape index (κ3) is 4.80. The molecule has 1 aromatic heterocycles. The maximum Gasteiger partial charge on any atom is 0.304 e. The van der Waals surface area contributed by atoms with Crippen LogP contribution >= 0.6 is 0 Å². The molecule has 0 spiro atoms. The van der Waals surface area contributed by atoms with Gasteiger partial charge in [0.25, 0.3) is 0 Å². The molecule has 0 fully saturated rings. The lowest BCUT2D eigenvalue weighted by Crippen LogP contribution is -2.31. The Morgan fingerprint density at radius 3 is 2.56 bits per heavy atom. The van der Waals surface area contributed by atoms with Gasteiger partial charge in [0.15, 0.2) is 0 Å². The topological polar surface area (TPSA) is 87.6 Å². The van der Waals surface area contributed by atoms with E-state index in [-0.39, 0.29) is 12.2 Å². The fraction of sp³-hybridized carbons (Fsp3) is 0.455. The van der Waals surface area contributed by atoms with E-state index in [1.807, 2.05) is 12.1 Å². The van der Waals surface area contributed by atoms with Crippen LogP contribution < -0.4 is 0 Å². The largest absolute Gasteiger partial charge is 0.481 e. The van der Waals surface area contributed by atoms with Crippen molar-refractivity contribution in [3.8, 4) is 0 Å². The van der Waals surface area contributed by atoms with Gasteiger partial charge in [-0.25, -0.2) is 12.7 Å². The van der Waals surface area contributed by atoms with Crippen LogP contribution in [0, 0.1) is 0 Å². The number of hydrogen-bond donors (Lipinski definition) is 1. The maximum absolute atomic E-state index is 11.7. The molecule has 0 saturated carbocycles. The van der Waals surface area contributed by atoms with Crippen molar-refractivity contribution in [2.24, 2.45) is 0 Å². The van der Waals surface area contributed by atoms with Crippen LogP contribution in [0.25, 0.3) is 0 Å². The normalized spacial score (nSPS) is 11.7. The van der Waals surface area contributed by atoms with Crippen molar-refractivity contribution < 1.29 is 18.3 Å². The van der Waals surface area contributed by atoms with Gasteiger partial charge in [0, 0.05) is 26.0 Å². The van der Waals surface area contributed by atoms with E-state index >= 15 is 0 Å². The first-order valence-corrected chi connectivity index (χ1v) is 7.07. The second-order valence-electron chi connectivity index (χ2n) is 3.89. The van der Waals surface area contributed by atoms with Gasteiger partial charge in [-0.1, -0.05) is 0 Å². The Bertz CT molecular complexity index is 487. The summed E-state index contributed by atoms with van der Waals surface area (Å²) in [5.41, 5.74) is 0.991. The summed E-state index contributed by atoms with van der Waals surface area (Å²) in [5, 5.41) is 8.48. The van der Waals surface area contributed by atoms with Crippen molar-refractivity contribution in [1.29, 1.82) is 0 Å². The van der Waals surface area contributed by atoms with Crippen LogP contribution in [0.3, 0.4) is 0 Å². The molecular formula is C11H16N2O4S. The molecule has 0 atom stereocenters. The summed E-state index contributed by atoms with van der Waals surface area (Å²) in [6, 6.07) is 3.63. The van der Waals surface area contributed by atoms with E-state index in [4.69, 9.17) is 5.11 Å². The molecule has 0 aliphatic heterocycles. The zero-order chi connectivity index (χ0) is 13.6. The number of carbonyl (C=O) groups is 1. The van der Waals surface area contributed by atoms with Crippen molar-refractivity contribution in [1.82, 2.24) is 9.29 Å². The molecule has 0 saturated heterocycles. The van der Waals surface area contributed by atoms with E-state index in [2.05, 4.69) is 4.98 Å². The van der Waals surface area contributed by atoms with Crippen molar-refractivity contribution in [2.75, 3.05) is 19.3 Å². The smallest absolute Gasteiger partial charge is 0.304 e. The molecule has 100 valence electrons. The van der Waals surface area contributed by atoms with Crippen molar-refractivity contribution in [3.63, 3.8) is 0 Å². The van der Waals surface area contributed by atoms with Gasteiger partial charge in [-0.15, -0.1) is 0 Å².